The van der Waals surface area contributed by atoms with E-state index >= 15 is 0 Å². The zero-order valence-corrected chi connectivity index (χ0v) is 12.8. The van der Waals surface area contributed by atoms with Crippen molar-refractivity contribution < 1.29 is 9.53 Å². The van der Waals surface area contributed by atoms with Gasteiger partial charge in [0.25, 0.3) is 5.91 Å². The quantitative estimate of drug-likeness (QED) is 0.640. The van der Waals surface area contributed by atoms with Gasteiger partial charge in [0, 0.05) is 14.2 Å². The van der Waals surface area contributed by atoms with Gasteiger partial charge >= 0.3 is 0 Å². The van der Waals surface area contributed by atoms with Crippen molar-refractivity contribution in [3.05, 3.63) is 71.8 Å². The molecule has 3 nitrogen and oxygen atoms in total. The molecule has 3 rings (SSSR count). The number of amides is 1. The fourth-order valence-electron chi connectivity index (χ4n) is 2.89. The molecule has 1 amide bonds. The molecular weight excluding hydrogens is 274 g/mol. The standard InChI is InChI=1S/C19H19NO2/c1-20-17(18(22-2)19(20)21)16(15-11-7-4-8-12-15)13-14-9-5-3-6-10-14/h3-13,17-18H,1-2H3/b16-13-/t17-,18+/m1/s1. The van der Waals surface area contributed by atoms with Crippen molar-refractivity contribution in [2.24, 2.45) is 0 Å². The number of β-lactam (4-membered cyclic amide) rings is 1. The van der Waals surface area contributed by atoms with Gasteiger partial charge in [-0.2, -0.15) is 0 Å². The fraction of sp³-hybridized carbons (Fsp3) is 0.211. The summed E-state index contributed by atoms with van der Waals surface area (Å²) in [4.78, 5) is 13.7. The zero-order valence-electron chi connectivity index (χ0n) is 12.8. The Morgan fingerprint density at radius 1 is 1.05 bits per heavy atom. The number of hydrogen-bond acceptors (Lipinski definition) is 2. The zero-order chi connectivity index (χ0) is 15.5. The first-order valence-electron chi connectivity index (χ1n) is 7.34. The van der Waals surface area contributed by atoms with E-state index in [1.807, 2.05) is 43.4 Å². The Morgan fingerprint density at radius 2 is 1.64 bits per heavy atom. The van der Waals surface area contributed by atoms with Gasteiger partial charge in [-0.15, -0.1) is 0 Å². The molecular formula is C19H19NO2. The number of hydrogen-bond donors (Lipinski definition) is 0. The Morgan fingerprint density at radius 3 is 2.23 bits per heavy atom. The Labute approximate surface area is 130 Å². The van der Waals surface area contributed by atoms with Crippen LogP contribution in [0.2, 0.25) is 0 Å². The summed E-state index contributed by atoms with van der Waals surface area (Å²) in [5.41, 5.74) is 3.32. The maximum absolute atomic E-state index is 12.0. The van der Waals surface area contributed by atoms with Crippen LogP contribution in [-0.2, 0) is 9.53 Å². The SMILES string of the molecule is CO[C@@H]1C(=O)N(C)[C@@H]1/C(=C\c1ccccc1)c1ccccc1. The van der Waals surface area contributed by atoms with Crippen LogP contribution in [0.3, 0.4) is 0 Å². The summed E-state index contributed by atoms with van der Waals surface area (Å²) < 4.78 is 5.39. The highest BCUT2D eigenvalue weighted by Crippen LogP contribution is 2.34. The van der Waals surface area contributed by atoms with Crippen LogP contribution in [0.25, 0.3) is 11.6 Å². The third kappa shape index (κ3) is 2.55. The second kappa shape index (κ2) is 6.16. The van der Waals surface area contributed by atoms with Crippen molar-refractivity contribution in [2.45, 2.75) is 12.1 Å². The lowest BCUT2D eigenvalue weighted by Crippen LogP contribution is -2.63. The van der Waals surface area contributed by atoms with E-state index in [0.717, 1.165) is 16.7 Å². The molecule has 1 aliphatic rings. The molecule has 0 radical (unpaired) electrons. The lowest BCUT2D eigenvalue weighted by atomic mass is 9.85. The topological polar surface area (TPSA) is 29.5 Å². The van der Waals surface area contributed by atoms with E-state index in [4.69, 9.17) is 4.74 Å². The van der Waals surface area contributed by atoms with E-state index in [1.165, 1.54) is 0 Å². The lowest BCUT2D eigenvalue weighted by Gasteiger charge is -2.45. The average Bonchev–Trinajstić information content (AvgIpc) is 2.59. The van der Waals surface area contributed by atoms with Crippen molar-refractivity contribution in [1.82, 2.24) is 4.90 Å². The molecule has 1 heterocycles. The van der Waals surface area contributed by atoms with Gasteiger partial charge in [-0.3, -0.25) is 4.79 Å². The molecule has 0 aromatic heterocycles. The maximum Gasteiger partial charge on any atom is 0.254 e. The monoisotopic (exact) mass is 293 g/mol. The number of likely N-dealkylation sites (N-methyl/N-ethyl adjacent to an activating group) is 1. The van der Waals surface area contributed by atoms with Crippen LogP contribution in [0.15, 0.2) is 60.7 Å². The Balaban J connectivity index is 2.05. The van der Waals surface area contributed by atoms with Crippen molar-refractivity contribution in [3.8, 4) is 0 Å². The molecule has 112 valence electrons. The van der Waals surface area contributed by atoms with Gasteiger partial charge < -0.3 is 9.64 Å². The number of rotatable bonds is 4. The second-order valence-corrected chi connectivity index (χ2v) is 5.43. The van der Waals surface area contributed by atoms with E-state index in [9.17, 15) is 4.79 Å². The Bertz CT molecular complexity index is 679. The van der Waals surface area contributed by atoms with Crippen LogP contribution in [0, 0.1) is 0 Å². The molecule has 1 aliphatic heterocycles. The number of likely N-dealkylation sites (tertiary alicyclic amines) is 1. The van der Waals surface area contributed by atoms with Crippen molar-refractivity contribution in [3.63, 3.8) is 0 Å². The molecule has 1 saturated heterocycles. The summed E-state index contributed by atoms with van der Waals surface area (Å²) in [6, 6.07) is 20.2. The number of methoxy groups -OCH3 is 1. The molecule has 2 atom stereocenters. The third-order valence-corrected chi connectivity index (χ3v) is 4.10. The first kappa shape index (κ1) is 14.5. The summed E-state index contributed by atoms with van der Waals surface area (Å²) >= 11 is 0. The van der Waals surface area contributed by atoms with E-state index < -0.39 is 6.10 Å². The molecule has 1 fully saturated rings. The van der Waals surface area contributed by atoms with Gasteiger partial charge in [0.05, 0.1) is 6.04 Å². The van der Waals surface area contributed by atoms with E-state index in [1.54, 1.807) is 12.0 Å². The molecule has 0 spiro atoms. The highest BCUT2D eigenvalue weighted by atomic mass is 16.5. The lowest BCUT2D eigenvalue weighted by molar-refractivity contribution is -0.161. The minimum Gasteiger partial charge on any atom is -0.369 e. The summed E-state index contributed by atoms with van der Waals surface area (Å²) in [7, 11) is 3.41. The summed E-state index contributed by atoms with van der Waals surface area (Å²) in [6.07, 6.45) is 1.73. The Kier molecular flexibility index (Phi) is 4.07. The summed E-state index contributed by atoms with van der Waals surface area (Å²) in [5.74, 6) is 0.0300. The first-order chi connectivity index (χ1) is 10.7. The van der Waals surface area contributed by atoms with Gasteiger partial charge in [0.2, 0.25) is 0 Å². The van der Waals surface area contributed by atoms with Gasteiger partial charge in [-0.25, -0.2) is 0 Å². The molecule has 0 bridgehead atoms. The highest BCUT2D eigenvalue weighted by Gasteiger charge is 2.47. The van der Waals surface area contributed by atoms with Gasteiger partial charge in [-0.1, -0.05) is 60.7 Å². The van der Waals surface area contributed by atoms with Crippen LogP contribution in [0.1, 0.15) is 11.1 Å². The van der Waals surface area contributed by atoms with Crippen molar-refractivity contribution >= 4 is 17.6 Å². The van der Waals surface area contributed by atoms with Crippen molar-refractivity contribution in [2.75, 3.05) is 14.2 Å². The molecule has 2 aromatic rings. The summed E-state index contributed by atoms with van der Waals surface area (Å²) in [5, 5.41) is 0. The van der Waals surface area contributed by atoms with Crippen LogP contribution in [-0.4, -0.2) is 37.1 Å². The normalized spacial score (nSPS) is 21.6. The van der Waals surface area contributed by atoms with Crippen LogP contribution in [0.5, 0.6) is 0 Å². The third-order valence-electron chi connectivity index (χ3n) is 4.10. The molecule has 0 aliphatic carbocycles. The molecule has 0 unspecified atom stereocenters. The van der Waals surface area contributed by atoms with E-state index in [0.29, 0.717) is 0 Å². The predicted octanol–water partition coefficient (Wildman–Crippen LogP) is 3.08. The molecule has 3 heteroatoms. The number of benzene rings is 2. The average molecular weight is 293 g/mol. The minimum atomic E-state index is -0.403. The smallest absolute Gasteiger partial charge is 0.254 e. The predicted molar refractivity (Wildman–Crippen MR) is 88.1 cm³/mol. The van der Waals surface area contributed by atoms with Gasteiger partial charge in [0.15, 0.2) is 6.10 Å². The highest BCUT2D eigenvalue weighted by molar-refractivity contribution is 5.98. The molecule has 0 saturated carbocycles. The van der Waals surface area contributed by atoms with Gasteiger partial charge in [0.1, 0.15) is 0 Å². The fourth-order valence-corrected chi connectivity index (χ4v) is 2.89. The molecule has 0 N–H and O–H groups in total. The minimum absolute atomic E-state index is 0.0300. The van der Waals surface area contributed by atoms with E-state index in [-0.39, 0.29) is 11.9 Å². The van der Waals surface area contributed by atoms with Crippen LogP contribution in [0.4, 0.5) is 0 Å². The second-order valence-electron chi connectivity index (χ2n) is 5.43. The maximum atomic E-state index is 12.0. The first-order valence-corrected chi connectivity index (χ1v) is 7.34. The number of nitrogens with zero attached hydrogens (tertiary/aromatic N) is 1. The van der Waals surface area contributed by atoms with Gasteiger partial charge in [-0.05, 0) is 22.8 Å². The largest absolute Gasteiger partial charge is 0.369 e. The van der Waals surface area contributed by atoms with Crippen LogP contribution < -0.4 is 0 Å². The molecule has 22 heavy (non-hydrogen) atoms. The Hall–Kier alpha value is -2.39. The molecule has 2 aromatic carbocycles. The number of ether oxygens (including phenoxy) is 1. The van der Waals surface area contributed by atoms with Crippen LogP contribution >= 0.6 is 0 Å². The number of carbonyl (C=O) groups excluding carboxylic acids is 1. The van der Waals surface area contributed by atoms with Crippen molar-refractivity contribution in [1.29, 1.82) is 0 Å². The summed E-state index contributed by atoms with van der Waals surface area (Å²) in [6.45, 7) is 0. The number of carbonyl (C=O) groups is 1. The van der Waals surface area contributed by atoms with E-state index in [2.05, 4.69) is 30.3 Å².